The first-order valence-electron chi connectivity index (χ1n) is 7.89. The number of benzene rings is 1. The number of nitrogens with one attached hydrogen (secondary N) is 1. The lowest BCUT2D eigenvalue weighted by atomic mass is 9.78. The van der Waals surface area contributed by atoms with E-state index in [0.717, 1.165) is 18.0 Å². The van der Waals surface area contributed by atoms with Gasteiger partial charge in [0.25, 0.3) is 0 Å². The van der Waals surface area contributed by atoms with Gasteiger partial charge in [0.15, 0.2) is 0 Å². The third-order valence-corrected chi connectivity index (χ3v) is 4.50. The van der Waals surface area contributed by atoms with Gasteiger partial charge in [-0.1, -0.05) is 31.5 Å². The van der Waals surface area contributed by atoms with E-state index in [2.05, 4.69) is 49.5 Å². The highest BCUT2D eigenvalue weighted by molar-refractivity contribution is 5.82. The molecule has 2 nitrogen and oxygen atoms in total. The maximum absolute atomic E-state index is 4.93. The summed E-state index contributed by atoms with van der Waals surface area (Å²) < 4.78 is 0. The molecule has 0 radical (unpaired) electrons. The number of nitrogens with zero attached hydrogens (tertiary/aromatic N) is 1. The number of aromatic nitrogens is 1. The lowest BCUT2D eigenvalue weighted by Gasteiger charge is -2.34. The fourth-order valence-corrected chi connectivity index (χ4v) is 3.12. The third-order valence-electron chi connectivity index (χ3n) is 4.50. The summed E-state index contributed by atoms with van der Waals surface area (Å²) in [4.78, 5) is 4.93. The number of hydrogen-bond acceptors (Lipinski definition) is 2. The van der Waals surface area contributed by atoms with Gasteiger partial charge in [-0.3, -0.25) is 4.98 Å². The van der Waals surface area contributed by atoms with Gasteiger partial charge in [-0.2, -0.15) is 0 Å². The van der Waals surface area contributed by atoms with E-state index in [1.165, 1.54) is 42.3 Å². The lowest BCUT2D eigenvalue weighted by molar-refractivity contribution is 0.228. The summed E-state index contributed by atoms with van der Waals surface area (Å²) in [6.07, 6.45) is 5.24. The fraction of sp³-hybridized carbons (Fsp3) is 0.500. The fourth-order valence-electron chi connectivity index (χ4n) is 3.12. The molecule has 0 aliphatic heterocycles. The molecule has 0 spiro atoms. The van der Waals surface area contributed by atoms with Gasteiger partial charge >= 0.3 is 0 Å². The van der Waals surface area contributed by atoms with Gasteiger partial charge in [-0.05, 0) is 56.3 Å². The minimum atomic E-state index is 0.437. The highest BCUT2D eigenvalue weighted by Crippen LogP contribution is 2.37. The van der Waals surface area contributed by atoms with Gasteiger partial charge in [-0.15, -0.1) is 0 Å². The molecule has 2 heteroatoms. The molecule has 1 saturated carbocycles. The van der Waals surface area contributed by atoms with Crippen molar-refractivity contribution in [2.45, 2.75) is 45.6 Å². The monoisotopic (exact) mass is 268 g/mol. The molecule has 1 aromatic carbocycles. The summed E-state index contributed by atoms with van der Waals surface area (Å²) in [6, 6.07) is 11.2. The molecular formula is C18H24N2. The number of hydrogen-bond donors (Lipinski definition) is 1. The average Bonchev–Trinajstić information content (AvgIpc) is 2.41. The zero-order chi connectivity index (χ0) is 13.9. The first kappa shape index (κ1) is 13.6. The van der Waals surface area contributed by atoms with Gasteiger partial charge in [0.1, 0.15) is 0 Å². The Morgan fingerprint density at radius 2 is 2.10 bits per heavy atom. The molecule has 20 heavy (non-hydrogen) atoms. The number of aryl methyl sites for hydroxylation is 1. The van der Waals surface area contributed by atoms with E-state index < -0.39 is 0 Å². The highest BCUT2D eigenvalue weighted by Gasteiger charge is 2.29. The zero-order valence-electron chi connectivity index (χ0n) is 12.5. The Kier molecular flexibility index (Phi) is 4.02. The normalized spacial score (nSPS) is 17.1. The summed E-state index contributed by atoms with van der Waals surface area (Å²) in [5.41, 5.74) is 3.71. The number of pyridine rings is 1. The topological polar surface area (TPSA) is 24.9 Å². The second-order valence-corrected chi connectivity index (χ2v) is 6.00. The quantitative estimate of drug-likeness (QED) is 0.870. The Morgan fingerprint density at radius 3 is 2.80 bits per heavy atom. The van der Waals surface area contributed by atoms with Gasteiger partial charge in [0, 0.05) is 5.39 Å². The van der Waals surface area contributed by atoms with Crippen LogP contribution in [0.3, 0.4) is 0 Å². The predicted octanol–water partition coefficient (Wildman–Crippen LogP) is 4.38. The molecule has 1 fully saturated rings. The van der Waals surface area contributed by atoms with E-state index in [1.807, 2.05) is 0 Å². The van der Waals surface area contributed by atoms with Crippen molar-refractivity contribution in [1.29, 1.82) is 0 Å². The molecule has 1 unspecified atom stereocenters. The van der Waals surface area contributed by atoms with Crippen molar-refractivity contribution < 1.29 is 0 Å². The van der Waals surface area contributed by atoms with Gasteiger partial charge < -0.3 is 5.32 Å². The number of rotatable bonds is 5. The average molecular weight is 268 g/mol. The molecule has 1 aliphatic carbocycles. The zero-order valence-corrected chi connectivity index (χ0v) is 12.5. The molecule has 3 rings (SSSR count). The Bertz CT molecular complexity index is 587. The van der Waals surface area contributed by atoms with E-state index in [9.17, 15) is 0 Å². The summed E-state index contributed by atoms with van der Waals surface area (Å²) in [5.74, 6) is 0.773. The molecule has 1 heterocycles. The molecule has 1 aromatic heterocycles. The minimum absolute atomic E-state index is 0.437. The van der Waals surface area contributed by atoms with Crippen molar-refractivity contribution in [2.75, 3.05) is 6.54 Å². The second kappa shape index (κ2) is 5.92. The summed E-state index contributed by atoms with van der Waals surface area (Å²) in [6.45, 7) is 5.50. The second-order valence-electron chi connectivity index (χ2n) is 6.00. The van der Waals surface area contributed by atoms with Crippen LogP contribution >= 0.6 is 0 Å². The molecule has 1 aliphatic rings. The van der Waals surface area contributed by atoms with Crippen LogP contribution in [0.25, 0.3) is 10.9 Å². The minimum Gasteiger partial charge on any atom is -0.308 e. The van der Waals surface area contributed by atoms with Crippen LogP contribution in [0.1, 0.15) is 49.9 Å². The largest absolute Gasteiger partial charge is 0.308 e. The third kappa shape index (κ3) is 2.57. The maximum atomic E-state index is 4.93. The van der Waals surface area contributed by atoms with Gasteiger partial charge in [0.2, 0.25) is 0 Å². The Balaban J connectivity index is 1.97. The lowest BCUT2D eigenvalue weighted by Crippen LogP contribution is -2.33. The van der Waals surface area contributed by atoms with Crippen LogP contribution in [0.4, 0.5) is 0 Å². The van der Waals surface area contributed by atoms with E-state index in [0.29, 0.717) is 6.04 Å². The Hall–Kier alpha value is -1.41. The smallest absolute Gasteiger partial charge is 0.0708 e. The molecular weight excluding hydrogens is 244 g/mol. The van der Waals surface area contributed by atoms with E-state index in [-0.39, 0.29) is 0 Å². The highest BCUT2D eigenvalue weighted by atomic mass is 14.9. The van der Waals surface area contributed by atoms with Crippen molar-refractivity contribution in [1.82, 2.24) is 10.3 Å². The van der Waals surface area contributed by atoms with Crippen molar-refractivity contribution in [3.05, 3.63) is 41.6 Å². The molecule has 0 amide bonds. The molecule has 1 N–H and O–H groups in total. The summed E-state index contributed by atoms with van der Waals surface area (Å²) in [7, 11) is 0. The summed E-state index contributed by atoms with van der Waals surface area (Å²) in [5, 5.41) is 4.99. The predicted molar refractivity (Wildman–Crippen MR) is 84.9 cm³/mol. The summed E-state index contributed by atoms with van der Waals surface area (Å²) >= 11 is 0. The van der Waals surface area contributed by atoms with Crippen molar-refractivity contribution >= 4 is 10.9 Å². The van der Waals surface area contributed by atoms with Crippen LogP contribution in [0, 0.1) is 12.8 Å². The van der Waals surface area contributed by atoms with Crippen molar-refractivity contribution in [3.63, 3.8) is 0 Å². The Labute approximate surface area is 121 Å². The first-order valence-corrected chi connectivity index (χ1v) is 7.89. The van der Waals surface area contributed by atoms with Crippen LogP contribution in [-0.2, 0) is 0 Å². The van der Waals surface area contributed by atoms with E-state index in [4.69, 9.17) is 4.98 Å². The first-order chi connectivity index (χ1) is 9.79. The van der Waals surface area contributed by atoms with E-state index in [1.54, 1.807) is 0 Å². The van der Waals surface area contributed by atoms with Crippen LogP contribution < -0.4 is 5.32 Å². The SMILES string of the molecule is CCCNC(c1cc(C)c2ccccc2n1)C1CCC1. The van der Waals surface area contributed by atoms with Crippen molar-refractivity contribution in [3.8, 4) is 0 Å². The molecule has 106 valence electrons. The van der Waals surface area contributed by atoms with E-state index >= 15 is 0 Å². The van der Waals surface area contributed by atoms with Crippen LogP contribution in [0.15, 0.2) is 30.3 Å². The number of para-hydroxylation sites is 1. The van der Waals surface area contributed by atoms with Crippen LogP contribution in [-0.4, -0.2) is 11.5 Å². The van der Waals surface area contributed by atoms with Crippen LogP contribution in [0.2, 0.25) is 0 Å². The standard InChI is InChI=1S/C18H24N2/c1-3-11-19-18(14-7-6-8-14)17-12-13(2)15-9-4-5-10-16(15)20-17/h4-5,9-10,12,14,18-19H,3,6-8,11H2,1-2H3. The molecule has 1 atom stereocenters. The molecule has 0 saturated heterocycles. The molecule has 0 bridgehead atoms. The van der Waals surface area contributed by atoms with Crippen LogP contribution in [0.5, 0.6) is 0 Å². The van der Waals surface area contributed by atoms with Gasteiger partial charge in [-0.25, -0.2) is 0 Å². The number of fused-ring (bicyclic) bond motifs is 1. The maximum Gasteiger partial charge on any atom is 0.0708 e. The molecule has 2 aromatic rings. The van der Waals surface area contributed by atoms with Gasteiger partial charge in [0.05, 0.1) is 17.3 Å². The Morgan fingerprint density at radius 1 is 1.30 bits per heavy atom. The van der Waals surface area contributed by atoms with Crippen molar-refractivity contribution in [2.24, 2.45) is 5.92 Å².